The second-order valence-electron chi connectivity index (χ2n) is 4.35. The Hall–Kier alpha value is -1.07. The van der Waals surface area contributed by atoms with E-state index in [1.165, 1.54) is 6.08 Å². The summed E-state index contributed by atoms with van der Waals surface area (Å²) in [5.74, 6) is 1.54. The Morgan fingerprint density at radius 2 is 1.70 bits per heavy atom. The zero-order valence-corrected chi connectivity index (χ0v) is 14.9. The molecule has 0 amide bonds. The number of allylic oxidation sites excluding steroid dienone is 1. The highest BCUT2D eigenvalue weighted by Crippen LogP contribution is 2.37. The molecule has 1 heterocycles. The summed E-state index contributed by atoms with van der Waals surface area (Å²) in [6, 6.07) is 3.23. The average Bonchev–Trinajstić information content (AvgIpc) is 2.42. The van der Waals surface area contributed by atoms with Gasteiger partial charge < -0.3 is 14.2 Å². The van der Waals surface area contributed by atoms with Gasteiger partial charge in [-0.25, -0.2) is 4.99 Å². The monoisotopic (exact) mass is 395 g/mol. The molecule has 0 aromatic heterocycles. The molecule has 0 radical (unpaired) electrons. The van der Waals surface area contributed by atoms with E-state index < -0.39 is 0 Å². The van der Waals surface area contributed by atoms with E-state index in [1.54, 1.807) is 24.4 Å². The van der Waals surface area contributed by atoms with Gasteiger partial charge in [0.05, 0.1) is 23.3 Å². The normalized spacial score (nSPS) is 12.3. The van der Waals surface area contributed by atoms with Crippen LogP contribution in [0, 0.1) is 0 Å². The highest BCUT2D eigenvalue weighted by molar-refractivity contribution is 6.55. The number of hydrogen-bond donors (Lipinski definition) is 0. The van der Waals surface area contributed by atoms with E-state index in [4.69, 9.17) is 60.6 Å². The van der Waals surface area contributed by atoms with Gasteiger partial charge in [-0.1, -0.05) is 46.4 Å². The Balaban J connectivity index is 1.80. The molecular formula is C15H13Cl4NO3. The van der Waals surface area contributed by atoms with E-state index in [0.717, 1.165) is 0 Å². The third-order valence-corrected chi connectivity index (χ3v) is 3.53. The second kappa shape index (κ2) is 9.28. The number of halogens is 4. The predicted molar refractivity (Wildman–Crippen MR) is 94.4 cm³/mol. The number of nitrogens with zero attached hydrogens (tertiary/aromatic N) is 1. The minimum absolute atomic E-state index is 0.132. The molecule has 4 nitrogen and oxygen atoms in total. The maximum atomic E-state index is 6.15. The van der Waals surface area contributed by atoms with Gasteiger partial charge in [0.2, 0.25) is 5.88 Å². The second-order valence-corrected chi connectivity index (χ2v) is 6.18. The summed E-state index contributed by atoms with van der Waals surface area (Å²) in [4.78, 5) is 3.89. The first-order valence-corrected chi connectivity index (χ1v) is 8.20. The zero-order valence-electron chi connectivity index (χ0n) is 11.9. The van der Waals surface area contributed by atoms with Crippen LogP contribution in [0.1, 0.15) is 6.42 Å². The smallest absolute Gasteiger partial charge is 0.214 e. The SMILES string of the molecule is ClC(Cl)=CCOc1cc(Cl)c(OCCCOC2=CC=N2)c(Cl)c1. The van der Waals surface area contributed by atoms with Crippen LogP contribution in [0.5, 0.6) is 11.5 Å². The quantitative estimate of drug-likeness (QED) is 0.524. The number of benzene rings is 1. The molecule has 124 valence electrons. The predicted octanol–water partition coefficient (Wildman–Crippen LogP) is 5.40. The van der Waals surface area contributed by atoms with Crippen molar-refractivity contribution in [2.45, 2.75) is 6.42 Å². The van der Waals surface area contributed by atoms with Crippen molar-refractivity contribution in [3.05, 3.63) is 44.7 Å². The van der Waals surface area contributed by atoms with Crippen molar-refractivity contribution < 1.29 is 14.2 Å². The van der Waals surface area contributed by atoms with Crippen molar-refractivity contribution >= 4 is 52.6 Å². The lowest BCUT2D eigenvalue weighted by Crippen LogP contribution is -2.05. The number of hydrogen-bond acceptors (Lipinski definition) is 4. The molecule has 0 saturated carbocycles. The van der Waals surface area contributed by atoms with E-state index in [9.17, 15) is 0 Å². The highest BCUT2D eigenvalue weighted by Gasteiger charge is 2.11. The molecule has 1 aliphatic rings. The van der Waals surface area contributed by atoms with Crippen molar-refractivity contribution in [2.75, 3.05) is 19.8 Å². The van der Waals surface area contributed by atoms with Crippen molar-refractivity contribution in [1.29, 1.82) is 0 Å². The van der Waals surface area contributed by atoms with Gasteiger partial charge in [0.15, 0.2) is 5.75 Å². The first-order chi connectivity index (χ1) is 11.1. The number of ether oxygens (including phenoxy) is 3. The molecule has 0 N–H and O–H groups in total. The van der Waals surface area contributed by atoms with Crippen molar-refractivity contribution in [2.24, 2.45) is 4.99 Å². The molecule has 0 fully saturated rings. The van der Waals surface area contributed by atoms with Gasteiger partial charge in [-0.3, -0.25) is 0 Å². The first kappa shape index (κ1) is 18.3. The zero-order chi connectivity index (χ0) is 16.7. The molecule has 2 rings (SSSR count). The minimum atomic E-state index is 0.132. The van der Waals surface area contributed by atoms with Crippen molar-refractivity contribution in [1.82, 2.24) is 0 Å². The fourth-order valence-corrected chi connectivity index (χ4v) is 2.29. The Labute approximate surface area is 154 Å². The molecule has 0 bridgehead atoms. The lowest BCUT2D eigenvalue weighted by Gasteiger charge is -2.13. The summed E-state index contributed by atoms with van der Waals surface area (Å²) in [6.07, 6.45) is 5.65. The third kappa shape index (κ3) is 6.15. The maximum Gasteiger partial charge on any atom is 0.214 e. The largest absolute Gasteiger partial charge is 0.490 e. The van der Waals surface area contributed by atoms with Crippen LogP contribution < -0.4 is 9.47 Å². The van der Waals surface area contributed by atoms with Crippen LogP contribution in [0.3, 0.4) is 0 Å². The van der Waals surface area contributed by atoms with Crippen molar-refractivity contribution in [3.63, 3.8) is 0 Å². The number of rotatable bonds is 9. The fraction of sp³-hybridized carbons (Fsp3) is 0.267. The van der Waals surface area contributed by atoms with E-state index in [-0.39, 0.29) is 11.1 Å². The van der Waals surface area contributed by atoms with Gasteiger partial charge in [-0.15, -0.1) is 0 Å². The minimum Gasteiger partial charge on any atom is -0.490 e. The van der Waals surface area contributed by atoms with E-state index in [1.807, 2.05) is 0 Å². The van der Waals surface area contributed by atoms with Crippen LogP contribution in [0.25, 0.3) is 0 Å². The van der Waals surface area contributed by atoms with Crippen molar-refractivity contribution in [3.8, 4) is 11.5 Å². The van der Waals surface area contributed by atoms with Gasteiger partial charge in [-0.05, 0) is 6.08 Å². The lowest BCUT2D eigenvalue weighted by molar-refractivity contribution is 0.180. The Morgan fingerprint density at radius 3 is 2.26 bits per heavy atom. The summed E-state index contributed by atoms with van der Waals surface area (Å²) in [7, 11) is 0. The van der Waals surface area contributed by atoms with E-state index >= 15 is 0 Å². The Bertz CT molecular complexity index is 617. The maximum absolute atomic E-state index is 6.15. The fourth-order valence-electron chi connectivity index (χ4n) is 1.59. The summed E-state index contributed by atoms with van der Waals surface area (Å²) < 4.78 is 16.5. The van der Waals surface area contributed by atoms with E-state index in [0.29, 0.717) is 47.1 Å². The first-order valence-electron chi connectivity index (χ1n) is 6.69. The van der Waals surface area contributed by atoms with Gasteiger partial charge >= 0.3 is 0 Å². The van der Waals surface area contributed by atoms with Gasteiger partial charge in [0.25, 0.3) is 0 Å². The summed E-state index contributed by atoms with van der Waals surface area (Å²) in [5, 5.41) is 0.723. The molecule has 1 aromatic rings. The molecule has 23 heavy (non-hydrogen) atoms. The number of aliphatic imine (C=N–C) groups is 1. The molecule has 1 aliphatic heterocycles. The highest BCUT2D eigenvalue weighted by atomic mass is 35.5. The van der Waals surface area contributed by atoms with Crippen LogP contribution in [0.15, 0.2) is 39.7 Å². The van der Waals surface area contributed by atoms with Gasteiger partial charge in [-0.2, -0.15) is 0 Å². The molecule has 0 atom stereocenters. The van der Waals surface area contributed by atoms with Gasteiger partial charge in [0, 0.05) is 30.8 Å². The summed E-state index contributed by atoms with van der Waals surface area (Å²) in [5.41, 5.74) is 0. The van der Waals surface area contributed by atoms with Crippen LogP contribution in [0.2, 0.25) is 10.0 Å². The van der Waals surface area contributed by atoms with Crippen LogP contribution in [-0.2, 0) is 4.74 Å². The van der Waals surface area contributed by atoms with Crippen LogP contribution in [-0.4, -0.2) is 26.0 Å². The third-order valence-electron chi connectivity index (χ3n) is 2.66. The molecule has 0 saturated heterocycles. The molecular weight excluding hydrogens is 384 g/mol. The standard InChI is InChI=1S/C15H13Cl4NO3/c16-11-8-10(21-7-3-13(18)19)9-12(17)15(11)23-6-1-5-22-14-2-4-20-14/h2-4,8-9H,1,5-7H2. The Morgan fingerprint density at radius 1 is 1.04 bits per heavy atom. The molecule has 1 aromatic carbocycles. The topological polar surface area (TPSA) is 40.0 Å². The van der Waals surface area contributed by atoms with Gasteiger partial charge in [0.1, 0.15) is 16.8 Å². The summed E-state index contributed by atoms with van der Waals surface area (Å²) >= 11 is 23.3. The molecule has 0 unspecified atom stereocenters. The Kier molecular flexibility index (Phi) is 7.37. The van der Waals surface area contributed by atoms with Crippen LogP contribution in [0.4, 0.5) is 0 Å². The average molecular weight is 397 g/mol. The van der Waals surface area contributed by atoms with Crippen LogP contribution >= 0.6 is 46.4 Å². The molecule has 8 heteroatoms. The molecule has 0 aliphatic carbocycles. The summed E-state index contributed by atoms with van der Waals surface area (Å²) in [6.45, 7) is 1.14. The molecule has 0 spiro atoms. The lowest BCUT2D eigenvalue weighted by atomic mass is 10.3. The van der Waals surface area contributed by atoms with E-state index in [2.05, 4.69) is 4.99 Å².